The Morgan fingerprint density at radius 3 is 2.54 bits per heavy atom. The van der Waals surface area contributed by atoms with Gasteiger partial charge in [-0.05, 0) is 108 Å². The van der Waals surface area contributed by atoms with E-state index in [1.165, 1.54) is 17.8 Å². The molecule has 4 aromatic rings. The van der Waals surface area contributed by atoms with Crippen LogP contribution in [0, 0.1) is 30.1 Å². The van der Waals surface area contributed by atoms with Crippen LogP contribution in [0.25, 0.3) is 23.8 Å². The quantitative estimate of drug-likeness (QED) is 0.155. The minimum atomic E-state index is -1.09. The first-order valence-corrected chi connectivity index (χ1v) is 20.7. The molecular formula is C42H55N9O4S. The van der Waals surface area contributed by atoms with Gasteiger partial charge in [-0.3, -0.25) is 4.68 Å². The van der Waals surface area contributed by atoms with Crippen LogP contribution >= 0.6 is 11.3 Å². The van der Waals surface area contributed by atoms with E-state index in [0.717, 1.165) is 90.3 Å². The van der Waals surface area contributed by atoms with Crippen LogP contribution in [0.15, 0.2) is 18.3 Å². The molecule has 4 saturated carbocycles. The molecule has 5 aliphatic rings. The summed E-state index contributed by atoms with van der Waals surface area (Å²) in [7, 11) is 2.03. The van der Waals surface area contributed by atoms with E-state index < -0.39 is 5.97 Å². The maximum atomic E-state index is 12.9. The van der Waals surface area contributed by atoms with Crippen molar-refractivity contribution in [2.24, 2.45) is 16.2 Å². The fourth-order valence-corrected chi connectivity index (χ4v) is 12.5. The first-order valence-electron chi connectivity index (χ1n) is 19.9. The van der Waals surface area contributed by atoms with Crippen molar-refractivity contribution in [1.82, 2.24) is 34.8 Å². The largest absolute Gasteiger partial charge is 0.476 e. The SMILES string of the molecule is C=c1sc(Nc2nnc3c(c2C)CCCN3c2ccc(-c3cnn(CC45CC6(OCCN(C)CCO)C[C@](C)(C4)C[C@](C)(C5)C6)c3C)c(C(=O)O)n2)n/c1=C/C. The van der Waals surface area contributed by atoms with Gasteiger partial charge in [0.05, 0.1) is 30.4 Å². The number of nitrogens with one attached hydrogen (secondary N) is 1. The molecule has 4 bridgehead atoms. The van der Waals surface area contributed by atoms with E-state index >= 15 is 0 Å². The highest BCUT2D eigenvalue weighted by Gasteiger charge is 2.66. The second-order valence-electron chi connectivity index (χ2n) is 17.9. The number of aliphatic hydroxyl groups excluding tert-OH is 1. The van der Waals surface area contributed by atoms with Crippen molar-refractivity contribution in [2.75, 3.05) is 50.1 Å². The minimum Gasteiger partial charge on any atom is -0.476 e. The summed E-state index contributed by atoms with van der Waals surface area (Å²) >= 11 is 1.47. The standard InChI is InChI=1S/C42H55N9O4S/c1-8-32-28(4)56-38(44-32)46-35-26(2)29-10-9-13-50(36(29)48-47-35)33-12-11-30(34(45-33)37(53)54)31-18-43-51(27(31)3)25-41-20-39(5)19-40(6,21-41)23-42(22-39,24-41)55-17-15-49(7)14-16-52/h8,11-12,18,52H,4,9-10,13-17,19-25H2,1-3,5-7H3,(H,53,54)(H,44,46,47)/b32-8+/t39-,40+,41?,42?. The van der Waals surface area contributed by atoms with E-state index in [9.17, 15) is 15.0 Å². The summed E-state index contributed by atoms with van der Waals surface area (Å²) in [6, 6.07) is 3.76. The molecule has 0 spiro atoms. The van der Waals surface area contributed by atoms with Gasteiger partial charge in [-0.2, -0.15) is 5.10 Å². The molecule has 4 aromatic heterocycles. The van der Waals surface area contributed by atoms with Crippen LogP contribution in [0.1, 0.15) is 93.0 Å². The van der Waals surface area contributed by atoms with Gasteiger partial charge < -0.3 is 30.1 Å². The van der Waals surface area contributed by atoms with Crippen molar-refractivity contribution in [3.05, 3.63) is 50.7 Å². The number of likely N-dealkylation sites (N-methyl/N-ethyl adjacent to an activating group) is 1. The molecule has 3 N–H and O–H groups in total. The highest BCUT2D eigenvalue weighted by Crippen LogP contribution is 2.72. The van der Waals surface area contributed by atoms with Gasteiger partial charge in [0.2, 0.25) is 0 Å². The molecule has 4 atom stereocenters. The number of hydrogen-bond donors (Lipinski definition) is 3. The fraction of sp³-hybridized carbons (Fsp3) is 0.571. The topological polar surface area (TPSA) is 155 Å². The minimum absolute atomic E-state index is 0.00938. The fourth-order valence-electron chi connectivity index (χ4n) is 11.7. The third-order valence-electron chi connectivity index (χ3n) is 12.9. The Bertz CT molecular complexity index is 2270. The second-order valence-corrected chi connectivity index (χ2v) is 19.0. The molecule has 5 heterocycles. The van der Waals surface area contributed by atoms with Crippen LogP contribution < -0.4 is 20.1 Å². The average molecular weight is 782 g/mol. The first kappa shape index (κ1) is 38.6. The van der Waals surface area contributed by atoms with Crippen molar-refractivity contribution in [3.63, 3.8) is 0 Å². The second kappa shape index (κ2) is 14.3. The highest BCUT2D eigenvalue weighted by molar-refractivity contribution is 7.13. The molecule has 9 rings (SSSR count). The van der Waals surface area contributed by atoms with E-state index in [4.69, 9.17) is 14.8 Å². The molecule has 14 heteroatoms. The van der Waals surface area contributed by atoms with Crippen LogP contribution in [-0.4, -0.2) is 96.5 Å². The van der Waals surface area contributed by atoms with Gasteiger partial charge in [0.1, 0.15) is 5.82 Å². The zero-order valence-electron chi connectivity index (χ0n) is 33.6. The van der Waals surface area contributed by atoms with Gasteiger partial charge in [0, 0.05) is 58.7 Å². The summed E-state index contributed by atoms with van der Waals surface area (Å²) in [5.74, 6) is 0.775. The predicted molar refractivity (Wildman–Crippen MR) is 219 cm³/mol. The molecule has 0 radical (unpaired) electrons. The number of carboxylic acids is 1. The van der Waals surface area contributed by atoms with Gasteiger partial charge in [0.25, 0.3) is 0 Å². The number of aromatic carboxylic acids is 1. The van der Waals surface area contributed by atoms with Crippen molar-refractivity contribution in [3.8, 4) is 11.1 Å². The maximum Gasteiger partial charge on any atom is 0.355 e. The zero-order valence-corrected chi connectivity index (χ0v) is 34.4. The number of nitrogens with zero attached hydrogens (tertiary/aromatic N) is 8. The highest BCUT2D eigenvalue weighted by atomic mass is 32.1. The molecule has 298 valence electrons. The van der Waals surface area contributed by atoms with Crippen LogP contribution in [0.2, 0.25) is 0 Å². The molecular weight excluding hydrogens is 727 g/mol. The Balaban J connectivity index is 1.05. The number of aliphatic hydroxyl groups is 1. The third-order valence-corrected chi connectivity index (χ3v) is 13.7. The molecule has 4 aliphatic carbocycles. The van der Waals surface area contributed by atoms with Crippen LogP contribution in [-0.2, 0) is 17.7 Å². The Labute approximate surface area is 332 Å². The smallest absolute Gasteiger partial charge is 0.355 e. The number of carbonyl (C=O) groups is 1. The Morgan fingerprint density at radius 2 is 1.84 bits per heavy atom. The summed E-state index contributed by atoms with van der Waals surface area (Å²) in [6.07, 6.45) is 12.1. The molecule has 13 nitrogen and oxygen atoms in total. The summed E-state index contributed by atoms with van der Waals surface area (Å²) in [4.78, 5) is 26.4. The van der Waals surface area contributed by atoms with Gasteiger partial charge in [-0.1, -0.05) is 37.8 Å². The van der Waals surface area contributed by atoms with E-state index in [2.05, 4.69) is 50.5 Å². The molecule has 0 saturated heterocycles. The van der Waals surface area contributed by atoms with Crippen LogP contribution in [0.3, 0.4) is 0 Å². The summed E-state index contributed by atoms with van der Waals surface area (Å²) in [5.41, 5.74) is 4.56. The summed E-state index contributed by atoms with van der Waals surface area (Å²) in [5, 5.41) is 38.9. The van der Waals surface area contributed by atoms with E-state index in [-0.39, 0.29) is 34.1 Å². The molecule has 2 unspecified atom stereocenters. The Kier molecular flexibility index (Phi) is 9.86. The van der Waals surface area contributed by atoms with Crippen molar-refractivity contribution in [1.29, 1.82) is 0 Å². The number of aromatic nitrogens is 6. The summed E-state index contributed by atoms with van der Waals surface area (Å²) in [6.45, 7) is 18.7. The summed E-state index contributed by atoms with van der Waals surface area (Å²) < 4.78 is 9.87. The molecule has 0 amide bonds. The molecule has 0 aromatic carbocycles. The van der Waals surface area contributed by atoms with Gasteiger partial charge in [-0.25, -0.2) is 14.8 Å². The maximum absolute atomic E-state index is 12.9. The Hall–Kier alpha value is -4.24. The van der Waals surface area contributed by atoms with E-state index in [1.807, 2.05) is 57.1 Å². The number of rotatable bonds is 13. The lowest BCUT2D eigenvalue weighted by atomic mass is 9.39. The van der Waals surface area contributed by atoms with E-state index in [0.29, 0.717) is 47.8 Å². The first-order chi connectivity index (χ1) is 26.7. The van der Waals surface area contributed by atoms with Gasteiger partial charge in [-0.15, -0.1) is 10.2 Å². The van der Waals surface area contributed by atoms with Crippen molar-refractivity contribution < 1.29 is 19.7 Å². The third kappa shape index (κ3) is 7.03. The number of ether oxygens (including phenoxy) is 1. The van der Waals surface area contributed by atoms with Gasteiger partial charge >= 0.3 is 5.97 Å². The number of hydrogen-bond acceptors (Lipinski definition) is 12. The lowest BCUT2D eigenvalue weighted by Gasteiger charge is -2.69. The van der Waals surface area contributed by atoms with Crippen LogP contribution in [0.5, 0.6) is 0 Å². The average Bonchev–Trinajstić information content (AvgIpc) is 3.67. The van der Waals surface area contributed by atoms with E-state index in [1.54, 1.807) is 0 Å². The van der Waals surface area contributed by atoms with Crippen molar-refractivity contribution >= 4 is 52.5 Å². The normalized spacial score (nSPS) is 27.0. The molecule has 4 fully saturated rings. The Morgan fingerprint density at radius 1 is 1.07 bits per heavy atom. The number of thiazole rings is 1. The van der Waals surface area contributed by atoms with Gasteiger partial charge in [0.15, 0.2) is 22.5 Å². The van der Waals surface area contributed by atoms with Crippen molar-refractivity contribution in [2.45, 2.75) is 98.1 Å². The number of anilines is 4. The molecule has 1 aliphatic heterocycles. The molecule has 56 heavy (non-hydrogen) atoms. The van der Waals surface area contributed by atoms with Crippen LogP contribution in [0.4, 0.5) is 22.6 Å². The number of carboxylic acid groups (broad SMARTS) is 1. The number of fused-ring (bicyclic) bond motifs is 1. The number of pyridine rings is 1. The monoisotopic (exact) mass is 781 g/mol. The zero-order chi connectivity index (χ0) is 39.6. The predicted octanol–water partition coefficient (Wildman–Crippen LogP) is 5.61. The lowest BCUT2D eigenvalue weighted by Crippen LogP contribution is -2.64. The lowest BCUT2D eigenvalue weighted by molar-refractivity contribution is -0.248.